The molecular weight excluding hydrogens is 266 g/mol. The Balaban J connectivity index is 2.10. The summed E-state index contributed by atoms with van der Waals surface area (Å²) >= 11 is 1.54. The molecule has 3 N–H and O–H groups in total. The first kappa shape index (κ1) is 13.4. The van der Waals surface area contributed by atoms with Gasteiger partial charge >= 0.3 is 5.97 Å². The molecule has 6 nitrogen and oxygen atoms in total. The number of hydrogen-bond acceptors (Lipinski definition) is 6. The Hall–Kier alpha value is -1.99. The predicted octanol–water partition coefficient (Wildman–Crippen LogP) is 1.45. The number of aromatic nitrogens is 2. The highest BCUT2D eigenvalue weighted by Crippen LogP contribution is 2.22. The zero-order valence-electron chi connectivity index (χ0n) is 10.2. The third kappa shape index (κ3) is 3.27. The van der Waals surface area contributed by atoms with Gasteiger partial charge in [-0.1, -0.05) is 6.07 Å². The van der Waals surface area contributed by atoms with Crippen molar-refractivity contribution in [1.82, 2.24) is 9.97 Å². The highest BCUT2D eigenvalue weighted by molar-refractivity contribution is 7.13. The van der Waals surface area contributed by atoms with E-state index in [1.165, 1.54) is 24.5 Å². The van der Waals surface area contributed by atoms with Gasteiger partial charge in [-0.3, -0.25) is 4.98 Å². The highest BCUT2D eigenvalue weighted by Gasteiger charge is 2.29. The van der Waals surface area contributed by atoms with E-state index in [1.807, 2.05) is 17.5 Å². The lowest BCUT2D eigenvalue weighted by molar-refractivity contribution is -0.155. The first-order valence-electron chi connectivity index (χ1n) is 5.54. The summed E-state index contributed by atoms with van der Waals surface area (Å²) in [6, 6.07) is 3.84. The maximum atomic E-state index is 10.8. The monoisotopic (exact) mass is 279 g/mol. The van der Waals surface area contributed by atoms with Crippen molar-refractivity contribution in [3.63, 3.8) is 0 Å². The van der Waals surface area contributed by atoms with Crippen LogP contribution in [0.15, 0.2) is 29.9 Å². The summed E-state index contributed by atoms with van der Waals surface area (Å²) in [7, 11) is 0. The number of nitrogens with one attached hydrogen (secondary N) is 1. The number of thiophene rings is 1. The molecule has 0 aliphatic heterocycles. The summed E-state index contributed by atoms with van der Waals surface area (Å²) in [4.78, 5) is 20.1. The zero-order chi connectivity index (χ0) is 13.9. The molecule has 2 aromatic rings. The molecule has 100 valence electrons. The van der Waals surface area contributed by atoms with E-state index < -0.39 is 11.6 Å². The third-order valence-corrected chi connectivity index (χ3v) is 3.38. The molecular formula is C12H13N3O3S. The van der Waals surface area contributed by atoms with Gasteiger partial charge in [0.15, 0.2) is 5.60 Å². The molecule has 2 aromatic heterocycles. The molecule has 19 heavy (non-hydrogen) atoms. The van der Waals surface area contributed by atoms with E-state index in [4.69, 9.17) is 5.11 Å². The molecule has 0 bridgehead atoms. The van der Waals surface area contributed by atoms with Gasteiger partial charge in [-0.05, 0) is 18.4 Å². The molecule has 1 atom stereocenters. The molecule has 0 radical (unpaired) electrons. The topological polar surface area (TPSA) is 95.3 Å². The van der Waals surface area contributed by atoms with Gasteiger partial charge in [0.25, 0.3) is 0 Å². The van der Waals surface area contributed by atoms with Crippen molar-refractivity contribution < 1.29 is 15.0 Å². The second-order valence-corrected chi connectivity index (χ2v) is 5.15. The van der Waals surface area contributed by atoms with Crippen molar-refractivity contribution in [3.05, 3.63) is 29.9 Å². The van der Waals surface area contributed by atoms with Crippen molar-refractivity contribution in [2.24, 2.45) is 0 Å². The number of carbonyl (C=O) groups is 1. The van der Waals surface area contributed by atoms with E-state index in [0.29, 0.717) is 11.5 Å². The zero-order valence-corrected chi connectivity index (χ0v) is 11.0. The minimum absolute atomic E-state index is 0.148. The SMILES string of the molecule is C[C@](O)(CNc1cncc(-c2cccs2)n1)C(=O)O. The fraction of sp³-hybridized carbons (Fsp3) is 0.250. The van der Waals surface area contributed by atoms with Crippen LogP contribution in [-0.4, -0.2) is 38.3 Å². The Bertz CT molecular complexity index is 569. The fourth-order valence-electron chi connectivity index (χ4n) is 1.33. The van der Waals surface area contributed by atoms with Crippen molar-refractivity contribution in [3.8, 4) is 10.6 Å². The minimum atomic E-state index is -1.85. The number of hydrogen-bond donors (Lipinski definition) is 3. The fourth-order valence-corrected chi connectivity index (χ4v) is 2.01. The molecule has 0 saturated carbocycles. The number of aliphatic carboxylic acids is 1. The van der Waals surface area contributed by atoms with Crippen LogP contribution >= 0.6 is 11.3 Å². The highest BCUT2D eigenvalue weighted by atomic mass is 32.1. The third-order valence-electron chi connectivity index (χ3n) is 2.48. The molecule has 0 aliphatic rings. The lowest BCUT2D eigenvalue weighted by Gasteiger charge is -2.18. The van der Waals surface area contributed by atoms with Crippen LogP contribution in [0.3, 0.4) is 0 Å². The van der Waals surface area contributed by atoms with Crippen LogP contribution in [0, 0.1) is 0 Å². The van der Waals surface area contributed by atoms with Gasteiger partial charge in [0.05, 0.1) is 23.8 Å². The number of aliphatic hydroxyl groups is 1. The average Bonchev–Trinajstić information content (AvgIpc) is 2.90. The van der Waals surface area contributed by atoms with Crippen LogP contribution in [-0.2, 0) is 4.79 Å². The smallest absolute Gasteiger partial charge is 0.337 e. The summed E-state index contributed by atoms with van der Waals surface area (Å²) in [6.45, 7) is 1.07. The lowest BCUT2D eigenvalue weighted by atomic mass is 10.1. The predicted molar refractivity (Wildman–Crippen MR) is 72.1 cm³/mol. The van der Waals surface area contributed by atoms with Gasteiger partial charge in [0, 0.05) is 0 Å². The van der Waals surface area contributed by atoms with Crippen LogP contribution in [0.25, 0.3) is 10.6 Å². The number of carboxylic acids is 1. The van der Waals surface area contributed by atoms with Gasteiger partial charge in [0.1, 0.15) is 11.5 Å². The van der Waals surface area contributed by atoms with Crippen LogP contribution < -0.4 is 5.32 Å². The van der Waals surface area contributed by atoms with E-state index in [2.05, 4.69) is 15.3 Å². The average molecular weight is 279 g/mol. The first-order chi connectivity index (χ1) is 8.99. The molecule has 0 saturated heterocycles. The minimum Gasteiger partial charge on any atom is -0.479 e. The van der Waals surface area contributed by atoms with Crippen molar-refractivity contribution >= 4 is 23.1 Å². The van der Waals surface area contributed by atoms with E-state index in [1.54, 1.807) is 6.20 Å². The Kier molecular flexibility index (Phi) is 3.77. The quantitative estimate of drug-likeness (QED) is 0.766. The van der Waals surface area contributed by atoms with Crippen LogP contribution in [0.4, 0.5) is 5.82 Å². The van der Waals surface area contributed by atoms with Gasteiger partial charge in [-0.25, -0.2) is 9.78 Å². The van der Waals surface area contributed by atoms with Crippen molar-refractivity contribution in [1.29, 1.82) is 0 Å². The number of rotatable bonds is 5. The number of anilines is 1. The van der Waals surface area contributed by atoms with Gasteiger partial charge in [-0.15, -0.1) is 11.3 Å². The largest absolute Gasteiger partial charge is 0.479 e. The number of carboxylic acid groups (broad SMARTS) is 1. The molecule has 0 spiro atoms. The summed E-state index contributed by atoms with van der Waals surface area (Å²) in [5.74, 6) is -0.866. The van der Waals surface area contributed by atoms with Crippen molar-refractivity contribution in [2.75, 3.05) is 11.9 Å². The molecule has 0 fully saturated rings. The van der Waals surface area contributed by atoms with Gasteiger partial charge < -0.3 is 15.5 Å². The van der Waals surface area contributed by atoms with Crippen LogP contribution in [0.5, 0.6) is 0 Å². The molecule has 0 aliphatic carbocycles. The molecule has 2 rings (SSSR count). The molecule has 0 aromatic carbocycles. The summed E-state index contributed by atoms with van der Waals surface area (Å²) < 4.78 is 0. The Morgan fingerprint density at radius 2 is 2.32 bits per heavy atom. The summed E-state index contributed by atoms with van der Waals surface area (Å²) in [6.07, 6.45) is 3.11. The Labute approximate surface area is 113 Å². The van der Waals surface area contributed by atoms with Gasteiger partial charge in [-0.2, -0.15) is 0 Å². The summed E-state index contributed by atoms with van der Waals surface area (Å²) in [5, 5.41) is 23.1. The second-order valence-electron chi connectivity index (χ2n) is 4.20. The molecule has 0 amide bonds. The maximum Gasteiger partial charge on any atom is 0.337 e. The van der Waals surface area contributed by atoms with E-state index in [9.17, 15) is 9.90 Å². The Morgan fingerprint density at radius 3 is 2.95 bits per heavy atom. The van der Waals surface area contributed by atoms with Crippen LogP contribution in [0.1, 0.15) is 6.92 Å². The summed E-state index contributed by atoms with van der Waals surface area (Å²) in [5.41, 5.74) is -1.14. The van der Waals surface area contributed by atoms with Crippen LogP contribution in [0.2, 0.25) is 0 Å². The van der Waals surface area contributed by atoms with Crippen molar-refractivity contribution in [2.45, 2.75) is 12.5 Å². The van der Waals surface area contributed by atoms with Gasteiger partial charge in [0.2, 0.25) is 0 Å². The van der Waals surface area contributed by atoms with E-state index in [-0.39, 0.29) is 6.54 Å². The Morgan fingerprint density at radius 1 is 1.53 bits per heavy atom. The van der Waals surface area contributed by atoms with E-state index in [0.717, 1.165) is 4.88 Å². The standard InChI is InChI=1S/C12H13N3O3S/c1-12(18,11(16)17)7-14-10-6-13-5-8(15-10)9-3-2-4-19-9/h2-6,18H,7H2,1H3,(H,14,15)(H,16,17)/t12-/m0/s1. The molecule has 2 heterocycles. The normalized spacial score (nSPS) is 13.8. The first-order valence-corrected chi connectivity index (χ1v) is 6.42. The van der Waals surface area contributed by atoms with E-state index >= 15 is 0 Å². The molecule has 7 heteroatoms. The maximum absolute atomic E-state index is 10.8. The molecule has 0 unspecified atom stereocenters. The number of nitrogens with zero attached hydrogens (tertiary/aromatic N) is 2. The second kappa shape index (κ2) is 5.33. The lowest BCUT2D eigenvalue weighted by Crippen LogP contribution is -2.41.